The molecule has 100 valence electrons. The van der Waals surface area contributed by atoms with Gasteiger partial charge in [0.15, 0.2) is 0 Å². The Morgan fingerprint density at radius 3 is 2.68 bits per heavy atom. The van der Waals surface area contributed by atoms with E-state index in [4.69, 9.17) is 33.7 Å². The van der Waals surface area contributed by atoms with Gasteiger partial charge in [0.05, 0.1) is 20.8 Å². The molecule has 2 nitrogen and oxygen atoms in total. The fraction of sp³-hybridized carbons (Fsp3) is 0.286. The minimum absolute atomic E-state index is 0.279. The van der Waals surface area contributed by atoms with Gasteiger partial charge in [-0.2, -0.15) is 0 Å². The molecule has 3 rings (SSSR count). The topological polar surface area (TPSA) is 35.2 Å². The molecule has 1 atom stereocenters. The van der Waals surface area contributed by atoms with Crippen molar-refractivity contribution in [1.82, 2.24) is 0 Å². The second-order valence-corrected chi connectivity index (χ2v) is 6.93. The zero-order valence-electron chi connectivity index (χ0n) is 10.1. The quantitative estimate of drug-likeness (QED) is 0.892. The Kier molecular flexibility index (Phi) is 3.72. The summed E-state index contributed by atoms with van der Waals surface area (Å²) < 4.78 is 7.07. The third kappa shape index (κ3) is 3.06. The normalized spacial score (nSPS) is 16.4. The van der Waals surface area contributed by atoms with E-state index in [9.17, 15) is 0 Å². The fourth-order valence-corrected chi connectivity index (χ4v) is 3.45. The molecular formula is C14H13Cl2NOS. The number of hydrogen-bond acceptors (Lipinski definition) is 3. The van der Waals surface area contributed by atoms with Gasteiger partial charge in [-0.25, -0.2) is 0 Å². The van der Waals surface area contributed by atoms with Gasteiger partial charge in [0.1, 0.15) is 5.75 Å². The van der Waals surface area contributed by atoms with Crippen LogP contribution < -0.4 is 10.5 Å². The lowest BCUT2D eigenvalue weighted by molar-refractivity contribution is 0.303. The Morgan fingerprint density at radius 2 is 2.05 bits per heavy atom. The third-order valence-electron chi connectivity index (χ3n) is 3.06. The van der Waals surface area contributed by atoms with E-state index in [1.54, 1.807) is 0 Å². The number of benzene rings is 1. The highest BCUT2D eigenvalue weighted by molar-refractivity contribution is 7.20. The van der Waals surface area contributed by atoms with Crippen molar-refractivity contribution in [2.45, 2.75) is 25.0 Å². The molecule has 1 aromatic heterocycles. The van der Waals surface area contributed by atoms with E-state index in [0.717, 1.165) is 29.7 Å². The molecule has 0 aliphatic heterocycles. The van der Waals surface area contributed by atoms with Crippen LogP contribution >= 0.6 is 34.5 Å². The van der Waals surface area contributed by atoms with Crippen LogP contribution in [0.4, 0.5) is 0 Å². The highest BCUT2D eigenvalue weighted by Gasteiger charge is 2.24. The van der Waals surface area contributed by atoms with Crippen LogP contribution in [0.15, 0.2) is 30.3 Å². The Bertz CT molecular complexity index is 595. The molecule has 1 fully saturated rings. The number of hydrogen-bond donors (Lipinski definition) is 1. The second-order valence-electron chi connectivity index (χ2n) is 4.65. The number of nitrogens with two attached hydrogens (primary N) is 1. The van der Waals surface area contributed by atoms with E-state index in [1.807, 2.05) is 30.3 Å². The van der Waals surface area contributed by atoms with E-state index < -0.39 is 0 Å². The van der Waals surface area contributed by atoms with E-state index >= 15 is 0 Å². The lowest BCUT2D eigenvalue weighted by atomic mass is 10.0. The highest BCUT2D eigenvalue weighted by atomic mass is 35.5. The van der Waals surface area contributed by atoms with Gasteiger partial charge in [0.2, 0.25) is 0 Å². The van der Waals surface area contributed by atoms with Crippen molar-refractivity contribution in [3.63, 3.8) is 0 Å². The largest absolute Gasteiger partial charge is 0.490 e. The summed E-state index contributed by atoms with van der Waals surface area (Å²) in [6, 6.07) is 9.41. The van der Waals surface area contributed by atoms with Crippen molar-refractivity contribution in [1.29, 1.82) is 0 Å². The molecule has 19 heavy (non-hydrogen) atoms. The van der Waals surface area contributed by atoms with Crippen LogP contribution in [0.25, 0.3) is 0 Å². The smallest absolute Gasteiger partial charge is 0.120 e. The van der Waals surface area contributed by atoms with Gasteiger partial charge in [0.25, 0.3) is 0 Å². The lowest BCUT2D eigenvalue weighted by Crippen LogP contribution is -2.11. The van der Waals surface area contributed by atoms with Crippen LogP contribution in [0.1, 0.15) is 30.0 Å². The first-order valence-electron chi connectivity index (χ1n) is 6.10. The SMILES string of the molecule is NC(c1cccc(OC2CC2)c1)c1cc(Cl)sc1Cl. The molecule has 1 saturated carbocycles. The monoisotopic (exact) mass is 313 g/mol. The highest BCUT2D eigenvalue weighted by Crippen LogP contribution is 2.37. The van der Waals surface area contributed by atoms with Crippen LogP contribution in [0.2, 0.25) is 8.67 Å². The van der Waals surface area contributed by atoms with Gasteiger partial charge < -0.3 is 10.5 Å². The summed E-state index contributed by atoms with van der Waals surface area (Å²) in [7, 11) is 0. The van der Waals surface area contributed by atoms with Crippen LogP contribution in [0.5, 0.6) is 5.75 Å². The summed E-state index contributed by atoms with van der Waals surface area (Å²) in [6.07, 6.45) is 2.66. The Labute approximate surface area is 126 Å². The molecule has 5 heteroatoms. The summed E-state index contributed by atoms with van der Waals surface area (Å²) in [5, 5.41) is 0. The molecule has 1 aliphatic carbocycles. The lowest BCUT2D eigenvalue weighted by Gasteiger charge is -2.13. The minimum atomic E-state index is -0.279. The van der Waals surface area contributed by atoms with Gasteiger partial charge in [-0.05, 0) is 36.6 Å². The Morgan fingerprint density at radius 1 is 1.26 bits per heavy atom. The van der Waals surface area contributed by atoms with Gasteiger partial charge in [-0.3, -0.25) is 0 Å². The van der Waals surface area contributed by atoms with Crippen molar-refractivity contribution >= 4 is 34.5 Å². The number of thiophene rings is 1. The van der Waals surface area contributed by atoms with Crippen molar-refractivity contribution in [3.05, 3.63) is 50.1 Å². The molecule has 2 N–H and O–H groups in total. The number of ether oxygens (including phenoxy) is 1. The van der Waals surface area contributed by atoms with E-state index in [1.165, 1.54) is 11.3 Å². The molecule has 2 aromatic rings. The third-order valence-corrected chi connectivity index (χ3v) is 4.58. The average molecular weight is 314 g/mol. The van der Waals surface area contributed by atoms with Gasteiger partial charge in [-0.15, -0.1) is 11.3 Å². The molecule has 1 heterocycles. The zero-order valence-corrected chi connectivity index (χ0v) is 12.4. The van der Waals surface area contributed by atoms with Crippen molar-refractivity contribution in [2.24, 2.45) is 5.73 Å². The van der Waals surface area contributed by atoms with Crippen LogP contribution in [-0.4, -0.2) is 6.10 Å². The Hall–Kier alpha value is -0.740. The first-order valence-corrected chi connectivity index (χ1v) is 7.67. The van der Waals surface area contributed by atoms with Gasteiger partial charge in [0, 0.05) is 5.56 Å². The zero-order chi connectivity index (χ0) is 13.4. The van der Waals surface area contributed by atoms with E-state index in [0.29, 0.717) is 14.8 Å². The van der Waals surface area contributed by atoms with Crippen molar-refractivity contribution < 1.29 is 4.74 Å². The number of halogens is 2. The summed E-state index contributed by atoms with van der Waals surface area (Å²) in [6.45, 7) is 0. The van der Waals surface area contributed by atoms with Gasteiger partial charge >= 0.3 is 0 Å². The average Bonchev–Trinajstić information content (AvgIpc) is 3.13. The van der Waals surface area contributed by atoms with Gasteiger partial charge in [-0.1, -0.05) is 35.3 Å². The minimum Gasteiger partial charge on any atom is -0.490 e. The fourth-order valence-electron chi connectivity index (χ4n) is 1.90. The van der Waals surface area contributed by atoms with Crippen molar-refractivity contribution in [3.8, 4) is 5.75 Å². The molecule has 0 saturated heterocycles. The molecule has 0 bridgehead atoms. The maximum Gasteiger partial charge on any atom is 0.120 e. The van der Waals surface area contributed by atoms with E-state index in [2.05, 4.69) is 0 Å². The first-order chi connectivity index (χ1) is 9.13. The van der Waals surface area contributed by atoms with Crippen LogP contribution in [0.3, 0.4) is 0 Å². The standard InChI is InChI=1S/C14H13Cl2NOS/c15-12-7-11(14(16)19-12)13(17)8-2-1-3-10(6-8)18-9-4-5-9/h1-3,6-7,9,13H,4-5,17H2. The molecular weight excluding hydrogens is 301 g/mol. The first kappa shape index (κ1) is 13.3. The summed E-state index contributed by atoms with van der Waals surface area (Å²) in [4.78, 5) is 0. The maximum atomic E-state index is 6.25. The molecule has 1 aliphatic rings. The second kappa shape index (κ2) is 5.33. The predicted molar refractivity (Wildman–Crippen MR) is 80.5 cm³/mol. The summed E-state index contributed by atoms with van der Waals surface area (Å²) in [5.41, 5.74) is 8.10. The predicted octanol–water partition coefficient (Wildman–Crippen LogP) is 4.64. The maximum absolute atomic E-state index is 6.25. The van der Waals surface area contributed by atoms with Crippen LogP contribution in [0, 0.1) is 0 Å². The molecule has 1 unspecified atom stereocenters. The van der Waals surface area contributed by atoms with E-state index in [-0.39, 0.29) is 6.04 Å². The molecule has 0 spiro atoms. The summed E-state index contributed by atoms with van der Waals surface area (Å²) >= 11 is 13.4. The Balaban J connectivity index is 1.85. The van der Waals surface area contributed by atoms with Crippen molar-refractivity contribution in [2.75, 3.05) is 0 Å². The molecule has 0 radical (unpaired) electrons. The van der Waals surface area contributed by atoms with Crippen LogP contribution in [-0.2, 0) is 0 Å². The number of rotatable bonds is 4. The molecule has 1 aromatic carbocycles. The summed E-state index contributed by atoms with van der Waals surface area (Å²) in [5.74, 6) is 0.868. The molecule has 0 amide bonds.